The molecule has 1 fully saturated rings. The summed E-state index contributed by atoms with van der Waals surface area (Å²) in [5.74, 6) is 0.809. The molecule has 1 aliphatic rings. The molecule has 0 saturated heterocycles. The summed E-state index contributed by atoms with van der Waals surface area (Å²) in [6.45, 7) is 15.7. The second-order valence-electron chi connectivity index (χ2n) is 15.8. The number of unbranched alkanes of at least 4 members (excludes halogenated alkanes) is 3. The molecule has 5 heteroatoms. The highest BCUT2D eigenvalue weighted by molar-refractivity contribution is 5.97. The van der Waals surface area contributed by atoms with Crippen LogP contribution in [-0.2, 0) is 40.1 Å². The lowest BCUT2D eigenvalue weighted by Gasteiger charge is -2.06. The zero-order chi connectivity index (χ0) is 43.8. The summed E-state index contributed by atoms with van der Waals surface area (Å²) in [6.07, 6.45) is 18.0. The smallest absolute Gasteiger partial charge is 0.167 e. The van der Waals surface area contributed by atoms with Gasteiger partial charge in [-0.2, -0.15) is 0 Å². The first kappa shape index (κ1) is 52.2. The van der Waals surface area contributed by atoms with E-state index in [2.05, 4.69) is 19.9 Å². The largest absolute Gasteiger partial charge is 0.300 e. The van der Waals surface area contributed by atoms with Gasteiger partial charge in [0.05, 0.1) is 0 Å². The second-order valence-corrected chi connectivity index (χ2v) is 15.8. The minimum Gasteiger partial charge on any atom is -0.300 e. The van der Waals surface area contributed by atoms with Crippen LogP contribution in [0.15, 0.2) is 97.1 Å². The highest BCUT2D eigenvalue weighted by Gasteiger charge is 2.10. The lowest BCUT2D eigenvalue weighted by atomic mass is 9.98. The molecule has 5 nitrogen and oxygen atoms in total. The second kappa shape index (κ2) is 32.1. The maximum atomic E-state index is 12.5. The van der Waals surface area contributed by atoms with Crippen molar-refractivity contribution in [2.75, 3.05) is 0 Å². The summed E-state index contributed by atoms with van der Waals surface area (Å²) in [5.41, 5.74) is 7.59. The molecule has 0 bridgehead atoms. The highest BCUT2D eigenvalue weighted by Crippen LogP contribution is 2.15. The summed E-state index contributed by atoms with van der Waals surface area (Å²) in [7, 11) is 0. The van der Waals surface area contributed by atoms with E-state index in [-0.39, 0.29) is 23.1 Å². The Kier molecular flexibility index (Phi) is 28.5. The third-order valence-corrected chi connectivity index (χ3v) is 9.71. The van der Waals surface area contributed by atoms with Crippen molar-refractivity contribution in [3.63, 3.8) is 0 Å². The molecule has 0 N–H and O–H groups in total. The number of hydrogen-bond acceptors (Lipinski definition) is 5. The number of ketones is 5. The fourth-order valence-corrected chi connectivity index (χ4v) is 6.45. The number of benzene rings is 4. The summed E-state index contributed by atoms with van der Waals surface area (Å²) >= 11 is 0. The molecule has 0 heterocycles. The zero-order valence-electron chi connectivity index (χ0n) is 37.8. The first-order chi connectivity index (χ1) is 28.3. The molecular weight excluding hydrogens is 729 g/mol. The fourth-order valence-electron chi connectivity index (χ4n) is 6.45. The minimum atomic E-state index is 0.0138. The van der Waals surface area contributed by atoms with Gasteiger partial charge >= 0.3 is 0 Å². The fraction of sp³-hybridized carbons (Fsp3) is 0.463. The molecule has 0 amide bonds. The average molecular weight is 803 g/mol. The predicted octanol–water partition coefficient (Wildman–Crippen LogP) is 13.8. The Morgan fingerprint density at radius 2 is 0.847 bits per heavy atom. The van der Waals surface area contributed by atoms with E-state index in [1.807, 2.05) is 94.4 Å². The molecule has 59 heavy (non-hydrogen) atoms. The summed E-state index contributed by atoms with van der Waals surface area (Å²) in [6, 6.07) is 30.5. The molecule has 0 unspecified atom stereocenters. The number of hydrogen-bond donors (Lipinski definition) is 0. The normalized spacial score (nSPS) is 11.2. The van der Waals surface area contributed by atoms with Crippen molar-refractivity contribution in [3.05, 3.63) is 142 Å². The Labute approximate surface area is 357 Å². The Bertz CT molecular complexity index is 1780. The van der Waals surface area contributed by atoms with Gasteiger partial charge in [-0.05, 0) is 62.8 Å². The van der Waals surface area contributed by atoms with Gasteiger partial charge in [-0.3, -0.25) is 19.2 Å². The topological polar surface area (TPSA) is 85.3 Å². The van der Waals surface area contributed by atoms with Gasteiger partial charge in [-0.15, -0.1) is 0 Å². The van der Waals surface area contributed by atoms with Gasteiger partial charge in [0.15, 0.2) is 11.6 Å². The zero-order valence-corrected chi connectivity index (χ0v) is 37.8. The quantitative estimate of drug-likeness (QED) is 0.0784. The van der Waals surface area contributed by atoms with E-state index < -0.39 is 0 Å². The summed E-state index contributed by atoms with van der Waals surface area (Å²) in [4.78, 5) is 57.5. The van der Waals surface area contributed by atoms with Gasteiger partial charge < -0.3 is 4.79 Å². The number of Topliss-reactive ketones (excluding diaryl/α,β-unsaturated/α-hetero) is 5. The minimum absolute atomic E-state index is 0.0138. The average Bonchev–Trinajstić information content (AvgIpc) is 3.79. The van der Waals surface area contributed by atoms with Gasteiger partial charge in [0, 0.05) is 49.7 Å². The van der Waals surface area contributed by atoms with E-state index in [4.69, 9.17) is 0 Å². The molecule has 0 aromatic heterocycles. The Balaban J connectivity index is 0.000000471. The SMILES string of the molecule is C1CCCC1.CC(=O)c1ccc(CC(=O)Cc2ccc(C(=O)Cc3cccc(C)c3)cc2)cc1.CCCC(=O)Cc1cccc(C)c1.CCCC(C)=O.CCCCCC. The van der Waals surface area contributed by atoms with E-state index in [0.717, 1.165) is 47.1 Å². The van der Waals surface area contributed by atoms with Gasteiger partial charge in [-0.1, -0.05) is 194 Å². The lowest BCUT2D eigenvalue weighted by Crippen LogP contribution is -2.08. The van der Waals surface area contributed by atoms with Crippen LogP contribution in [-0.4, -0.2) is 28.9 Å². The maximum Gasteiger partial charge on any atom is 0.167 e. The van der Waals surface area contributed by atoms with Crippen LogP contribution < -0.4 is 0 Å². The number of aryl methyl sites for hydroxylation is 2. The van der Waals surface area contributed by atoms with Crippen LogP contribution >= 0.6 is 0 Å². The summed E-state index contributed by atoms with van der Waals surface area (Å²) < 4.78 is 0. The van der Waals surface area contributed by atoms with Crippen LogP contribution in [0, 0.1) is 13.8 Å². The molecular formula is C54H74O5. The molecule has 1 saturated carbocycles. The molecule has 0 aliphatic heterocycles. The van der Waals surface area contributed by atoms with Crippen LogP contribution in [0.2, 0.25) is 0 Å². The van der Waals surface area contributed by atoms with E-state index in [1.54, 1.807) is 31.2 Å². The molecule has 5 rings (SSSR count). The number of carbonyl (C=O) groups excluding carboxylic acids is 5. The van der Waals surface area contributed by atoms with Crippen LogP contribution in [0.1, 0.15) is 179 Å². The maximum absolute atomic E-state index is 12.5. The first-order valence-electron chi connectivity index (χ1n) is 22.2. The Hall–Kier alpha value is -4.77. The molecule has 1 aliphatic carbocycles. The van der Waals surface area contributed by atoms with E-state index in [1.165, 1.54) is 70.3 Å². The van der Waals surface area contributed by atoms with Crippen molar-refractivity contribution >= 4 is 28.9 Å². The van der Waals surface area contributed by atoms with E-state index in [0.29, 0.717) is 49.0 Å². The van der Waals surface area contributed by atoms with Crippen LogP contribution in [0.4, 0.5) is 0 Å². The Morgan fingerprint density at radius 1 is 0.441 bits per heavy atom. The molecule has 0 radical (unpaired) electrons. The monoisotopic (exact) mass is 803 g/mol. The van der Waals surface area contributed by atoms with Gasteiger partial charge in [0.1, 0.15) is 17.3 Å². The highest BCUT2D eigenvalue weighted by atomic mass is 16.1. The molecule has 320 valence electrons. The third kappa shape index (κ3) is 26.1. The van der Waals surface area contributed by atoms with Crippen molar-refractivity contribution in [2.24, 2.45) is 0 Å². The van der Waals surface area contributed by atoms with Crippen LogP contribution in [0.3, 0.4) is 0 Å². The standard InChI is InChI=1S/C26H24O3.C12H16O.C6H14.C5H10O.C5H10/c1-18-4-3-5-22(14-18)17-26(29)24-12-8-21(9-13-24)16-25(28)15-20-6-10-23(11-7-20)19(2)27;1-3-5-12(13)9-11-7-4-6-10(2)8-11;1-3-5-6-4-2;1-3-4-5(2)6;1-2-4-5-3-1/h3-14H,15-17H2,1-2H3;4,6-8H,3,5,9H2,1-2H3;3-6H2,1-2H3;3-4H2,1-2H3;1-5H2. The first-order valence-corrected chi connectivity index (χ1v) is 22.2. The molecule has 4 aromatic rings. The molecule has 0 spiro atoms. The van der Waals surface area contributed by atoms with Gasteiger partial charge in [-0.25, -0.2) is 0 Å². The predicted molar refractivity (Wildman–Crippen MR) is 248 cm³/mol. The molecule has 4 aromatic carbocycles. The van der Waals surface area contributed by atoms with Crippen molar-refractivity contribution in [1.82, 2.24) is 0 Å². The molecule has 0 atom stereocenters. The summed E-state index contributed by atoms with van der Waals surface area (Å²) in [5, 5.41) is 0. The Morgan fingerprint density at radius 3 is 1.20 bits per heavy atom. The van der Waals surface area contributed by atoms with Crippen molar-refractivity contribution in [2.45, 2.75) is 165 Å². The van der Waals surface area contributed by atoms with Crippen molar-refractivity contribution in [3.8, 4) is 0 Å². The van der Waals surface area contributed by atoms with Crippen molar-refractivity contribution < 1.29 is 24.0 Å². The number of carbonyl (C=O) groups is 5. The number of rotatable bonds is 17. The van der Waals surface area contributed by atoms with Gasteiger partial charge in [0.25, 0.3) is 0 Å². The van der Waals surface area contributed by atoms with Crippen LogP contribution in [0.5, 0.6) is 0 Å². The van der Waals surface area contributed by atoms with E-state index in [9.17, 15) is 24.0 Å². The third-order valence-electron chi connectivity index (χ3n) is 9.71. The van der Waals surface area contributed by atoms with Crippen LogP contribution in [0.25, 0.3) is 0 Å². The van der Waals surface area contributed by atoms with E-state index >= 15 is 0 Å². The lowest BCUT2D eigenvalue weighted by molar-refractivity contribution is -0.119. The van der Waals surface area contributed by atoms with Crippen molar-refractivity contribution in [1.29, 1.82) is 0 Å². The van der Waals surface area contributed by atoms with Gasteiger partial charge in [0.2, 0.25) is 0 Å².